The predicted octanol–water partition coefficient (Wildman–Crippen LogP) is 2.48. The van der Waals surface area contributed by atoms with Crippen molar-refractivity contribution in [3.8, 4) is 0 Å². The minimum Gasteiger partial charge on any atom is -0.293 e. The monoisotopic (exact) mass is 219 g/mol. The molecule has 15 heavy (non-hydrogen) atoms. The van der Waals surface area contributed by atoms with Crippen molar-refractivity contribution >= 4 is 23.8 Å². The average molecular weight is 219 g/mol. The van der Waals surface area contributed by atoms with E-state index in [1.54, 1.807) is 17.8 Å². The van der Waals surface area contributed by atoms with Gasteiger partial charge in [-0.1, -0.05) is 25.1 Å². The number of carbonyl (C=O) groups excluding carboxylic acids is 2. The fraction of sp³-hybridized carbons (Fsp3) is 0.333. The number of thioether (sulfide) groups is 1. The summed E-state index contributed by atoms with van der Waals surface area (Å²) < 4.78 is 0. The molecule has 77 valence electrons. The lowest BCUT2D eigenvalue weighted by atomic mass is 9.93. The Hall–Kier alpha value is -1.09. The van der Waals surface area contributed by atoms with E-state index in [4.69, 9.17) is 0 Å². The molecule has 1 aliphatic heterocycles. The number of ketones is 1. The number of Topliss-reactive ketones (excluding diaryl/α,β-unsaturated/α-hetero) is 1. The molecule has 3 heteroatoms. The zero-order chi connectivity index (χ0) is 10.8. The second-order valence-corrected chi connectivity index (χ2v) is 4.80. The molecule has 1 aromatic rings. The zero-order valence-electron chi connectivity index (χ0n) is 8.40. The predicted molar refractivity (Wildman–Crippen MR) is 59.9 cm³/mol. The van der Waals surface area contributed by atoms with Gasteiger partial charge in [0.1, 0.15) is 5.92 Å². The smallest absolute Gasteiger partial charge is 0.211 e. The number of hydrogen-bond donors (Lipinski definition) is 0. The topological polar surface area (TPSA) is 34.1 Å². The molecule has 0 N–H and O–H groups in total. The van der Waals surface area contributed by atoms with Crippen molar-refractivity contribution in [1.82, 2.24) is 0 Å². The van der Waals surface area contributed by atoms with Gasteiger partial charge in [-0.15, -0.1) is 11.8 Å². The first-order valence-corrected chi connectivity index (χ1v) is 5.83. The van der Waals surface area contributed by atoms with Crippen molar-refractivity contribution in [2.75, 3.05) is 0 Å². The van der Waals surface area contributed by atoms with Gasteiger partial charge in [0.2, 0.25) is 6.29 Å². The Morgan fingerprint density at radius 3 is 2.80 bits per heavy atom. The van der Waals surface area contributed by atoms with Gasteiger partial charge >= 0.3 is 0 Å². The molecule has 1 aromatic carbocycles. The van der Waals surface area contributed by atoms with Gasteiger partial charge in [0, 0.05) is 15.7 Å². The van der Waals surface area contributed by atoms with Crippen LogP contribution in [0.5, 0.6) is 0 Å². The Labute approximate surface area is 93.1 Å². The SMILES string of the molecule is CCC1Sc2ccccc2C(=O)C1[C]=O. The first-order chi connectivity index (χ1) is 7.27. The minimum atomic E-state index is -0.588. The van der Waals surface area contributed by atoms with Crippen LogP contribution in [0.25, 0.3) is 0 Å². The fourth-order valence-corrected chi connectivity index (χ4v) is 3.05. The van der Waals surface area contributed by atoms with Gasteiger partial charge in [-0.2, -0.15) is 0 Å². The van der Waals surface area contributed by atoms with Crippen LogP contribution in [-0.2, 0) is 4.79 Å². The summed E-state index contributed by atoms with van der Waals surface area (Å²) in [6, 6.07) is 7.45. The number of hydrogen-bond acceptors (Lipinski definition) is 3. The van der Waals surface area contributed by atoms with E-state index in [-0.39, 0.29) is 11.0 Å². The third-order valence-electron chi connectivity index (χ3n) is 2.61. The summed E-state index contributed by atoms with van der Waals surface area (Å²) in [5, 5.41) is 0.0462. The lowest BCUT2D eigenvalue weighted by molar-refractivity contribution is 0.0945. The molecule has 2 atom stereocenters. The molecule has 0 spiro atoms. The van der Waals surface area contributed by atoms with Crippen LogP contribution in [0.4, 0.5) is 0 Å². The summed E-state index contributed by atoms with van der Waals surface area (Å²) in [6.45, 7) is 1.99. The Morgan fingerprint density at radius 2 is 2.13 bits per heavy atom. The molecule has 0 aromatic heterocycles. The molecule has 0 bridgehead atoms. The molecule has 0 aliphatic carbocycles. The van der Waals surface area contributed by atoms with E-state index in [0.29, 0.717) is 5.56 Å². The molecule has 2 rings (SSSR count). The molecule has 1 heterocycles. The number of benzene rings is 1. The van der Waals surface area contributed by atoms with Crippen molar-refractivity contribution in [1.29, 1.82) is 0 Å². The molecule has 2 unspecified atom stereocenters. The number of rotatable bonds is 2. The molecular weight excluding hydrogens is 208 g/mol. The Balaban J connectivity index is 2.45. The van der Waals surface area contributed by atoms with Crippen LogP contribution in [0.15, 0.2) is 29.2 Å². The summed E-state index contributed by atoms with van der Waals surface area (Å²) in [7, 11) is 0. The van der Waals surface area contributed by atoms with Crippen LogP contribution in [-0.4, -0.2) is 17.3 Å². The summed E-state index contributed by atoms with van der Waals surface area (Å²) in [5.41, 5.74) is 0.667. The van der Waals surface area contributed by atoms with Gasteiger partial charge in [-0.05, 0) is 12.5 Å². The third kappa shape index (κ3) is 1.72. The van der Waals surface area contributed by atoms with Gasteiger partial charge < -0.3 is 0 Å². The Morgan fingerprint density at radius 1 is 1.40 bits per heavy atom. The number of carbonyl (C=O) groups is 1. The van der Waals surface area contributed by atoms with Crippen molar-refractivity contribution in [2.24, 2.45) is 5.92 Å². The van der Waals surface area contributed by atoms with Gasteiger partial charge in [0.15, 0.2) is 5.78 Å². The van der Waals surface area contributed by atoms with Crippen LogP contribution < -0.4 is 0 Å². The molecule has 0 fully saturated rings. The van der Waals surface area contributed by atoms with E-state index in [1.807, 2.05) is 31.4 Å². The van der Waals surface area contributed by atoms with Crippen LogP contribution in [0.1, 0.15) is 23.7 Å². The highest BCUT2D eigenvalue weighted by atomic mass is 32.2. The summed E-state index contributed by atoms with van der Waals surface area (Å²) >= 11 is 1.61. The standard InChI is InChI=1S/C12H11O2S/c1-2-10-9(7-13)12(14)8-5-3-4-6-11(8)15-10/h3-6,9-10H,2H2,1H3. The van der Waals surface area contributed by atoms with Crippen LogP contribution >= 0.6 is 11.8 Å². The zero-order valence-corrected chi connectivity index (χ0v) is 9.21. The van der Waals surface area contributed by atoms with Crippen molar-refractivity contribution in [2.45, 2.75) is 23.5 Å². The second kappa shape index (κ2) is 4.19. The lowest BCUT2D eigenvalue weighted by Crippen LogP contribution is -2.31. The highest BCUT2D eigenvalue weighted by Crippen LogP contribution is 2.38. The molecule has 1 radical (unpaired) electrons. The quantitative estimate of drug-likeness (QED) is 0.717. The number of fused-ring (bicyclic) bond motifs is 1. The van der Waals surface area contributed by atoms with Gasteiger partial charge in [0.05, 0.1) is 0 Å². The normalized spacial score (nSPS) is 24.7. The van der Waals surface area contributed by atoms with Crippen LogP contribution in [0.2, 0.25) is 0 Å². The van der Waals surface area contributed by atoms with Crippen molar-refractivity contribution in [3.63, 3.8) is 0 Å². The molecule has 1 aliphatic rings. The van der Waals surface area contributed by atoms with E-state index < -0.39 is 5.92 Å². The van der Waals surface area contributed by atoms with E-state index in [1.165, 1.54) is 0 Å². The first kappa shape index (κ1) is 10.4. The van der Waals surface area contributed by atoms with Crippen molar-refractivity contribution in [3.05, 3.63) is 29.8 Å². The third-order valence-corrected chi connectivity index (χ3v) is 4.13. The van der Waals surface area contributed by atoms with Gasteiger partial charge in [-0.25, -0.2) is 0 Å². The van der Waals surface area contributed by atoms with Crippen molar-refractivity contribution < 1.29 is 9.59 Å². The Kier molecular flexibility index (Phi) is 2.91. The van der Waals surface area contributed by atoms with E-state index >= 15 is 0 Å². The largest absolute Gasteiger partial charge is 0.293 e. The second-order valence-electron chi connectivity index (χ2n) is 3.52. The fourth-order valence-electron chi connectivity index (χ4n) is 1.79. The summed E-state index contributed by atoms with van der Waals surface area (Å²) in [4.78, 5) is 23.7. The van der Waals surface area contributed by atoms with Gasteiger partial charge in [0.25, 0.3) is 0 Å². The maximum Gasteiger partial charge on any atom is 0.211 e. The van der Waals surface area contributed by atoms with Crippen LogP contribution in [0.3, 0.4) is 0 Å². The lowest BCUT2D eigenvalue weighted by Gasteiger charge is -2.26. The maximum absolute atomic E-state index is 11.9. The van der Waals surface area contributed by atoms with E-state index in [2.05, 4.69) is 0 Å². The molecule has 0 saturated heterocycles. The van der Waals surface area contributed by atoms with E-state index in [9.17, 15) is 9.59 Å². The summed E-state index contributed by atoms with van der Waals surface area (Å²) in [5.74, 6) is -0.666. The molecule has 2 nitrogen and oxygen atoms in total. The van der Waals surface area contributed by atoms with Gasteiger partial charge in [-0.3, -0.25) is 9.59 Å². The highest BCUT2D eigenvalue weighted by Gasteiger charge is 2.35. The molecular formula is C12H11O2S. The maximum atomic E-state index is 11.9. The molecule has 0 saturated carbocycles. The highest BCUT2D eigenvalue weighted by molar-refractivity contribution is 8.00. The first-order valence-electron chi connectivity index (χ1n) is 4.95. The van der Waals surface area contributed by atoms with E-state index in [0.717, 1.165) is 11.3 Å². The summed E-state index contributed by atoms with van der Waals surface area (Å²) in [6.07, 6.45) is 2.69. The average Bonchev–Trinajstić information content (AvgIpc) is 2.29. The molecule has 0 amide bonds. The minimum absolute atomic E-state index is 0.0462. The van der Waals surface area contributed by atoms with Crippen LogP contribution in [0, 0.1) is 5.92 Å². The Bertz CT molecular complexity index is 400.